The Labute approximate surface area is 98.5 Å². The van der Waals surface area contributed by atoms with E-state index in [-0.39, 0.29) is 5.95 Å². The van der Waals surface area contributed by atoms with Crippen LogP contribution in [0.1, 0.15) is 12.6 Å². The van der Waals surface area contributed by atoms with Gasteiger partial charge < -0.3 is 5.73 Å². The Bertz CT molecular complexity index is 513. The Hall–Kier alpha value is -1.68. The molecule has 0 saturated carbocycles. The average molecular weight is 235 g/mol. The summed E-state index contributed by atoms with van der Waals surface area (Å²) in [5.74, 6) is 0.266. The summed E-state index contributed by atoms with van der Waals surface area (Å²) in [7, 11) is 0. The average Bonchev–Trinajstić information content (AvgIpc) is 2.28. The van der Waals surface area contributed by atoms with Gasteiger partial charge in [0.2, 0.25) is 5.95 Å². The summed E-state index contributed by atoms with van der Waals surface area (Å²) in [6.07, 6.45) is 4.06. The van der Waals surface area contributed by atoms with Crippen LogP contribution in [0.5, 0.6) is 0 Å². The first-order valence-electron chi connectivity index (χ1n) is 4.94. The minimum Gasteiger partial charge on any atom is -0.368 e. The molecule has 2 N–H and O–H groups in total. The highest BCUT2D eigenvalue weighted by Gasteiger charge is 2.07. The van der Waals surface area contributed by atoms with Gasteiger partial charge in [-0.2, -0.15) is 0 Å². The van der Waals surface area contributed by atoms with Gasteiger partial charge in [0, 0.05) is 23.7 Å². The quantitative estimate of drug-likeness (QED) is 0.866. The zero-order valence-electron chi connectivity index (χ0n) is 8.81. The number of nitrogen functional groups attached to an aromatic ring is 1. The van der Waals surface area contributed by atoms with Gasteiger partial charge in [0.15, 0.2) is 0 Å². The minimum absolute atomic E-state index is 0.266. The Morgan fingerprint density at radius 1 is 1.38 bits per heavy atom. The fourth-order valence-electron chi connectivity index (χ4n) is 1.42. The number of nitrogens with two attached hydrogens (primary N) is 1. The number of hydrogen-bond acceptors (Lipinski definition) is 4. The van der Waals surface area contributed by atoms with Gasteiger partial charge in [-0.25, -0.2) is 9.97 Å². The first kappa shape index (κ1) is 10.8. The highest BCUT2D eigenvalue weighted by atomic mass is 35.5. The summed E-state index contributed by atoms with van der Waals surface area (Å²) < 4.78 is 0. The Kier molecular flexibility index (Phi) is 3.01. The fourth-order valence-corrected chi connectivity index (χ4v) is 1.64. The zero-order valence-corrected chi connectivity index (χ0v) is 9.57. The van der Waals surface area contributed by atoms with E-state index in [1.165, 1.54) is 0 Å². The predicted octanol–water partition coefficient (Wildman–Crippen LogP) is 2.34. The van der Waals surface area contributed by atoms with Crippen molar-refractivity contribution in [1.82, 2.24) is 15.0 Å². The monoisotopic (exact) mass is 234 g/mol. The van der Waals surface area contributed by atoms with Gasteiger partial charge in [0.25, 0.3) is 0 Å². The van der Waals surface area contributed by atoms with Crippen molar-refractivity contribution in [3.8, 4) is 11.3 Å². The number of pyridine rings is 1. The molecule has 0 amide bonds. The third kappa shape index (κ3) is 2.12. The second-order valence-electron chi connectivity index (χ2n) is 3.31. The number of hydrogen-bond donors (Lipinski definition) is 1. The third-order valence-corrected chi connectivity index (χ3v) is 2.51. The van der Waals surface area contributed by atoms with E-state index in [1.807, 2.05) is 19.1 Å². The molecular weight excluding hydrogens is 224 g/mol. The molecule has 0 radical (unpaired) electrons. The Balaban J connectivity index is 2.56. The molecule has 5 heteroatoms. The van der Waals surface area contributed by atoms with Crippen LogP contribution in [-0.2, 0) is 6.42 Å². The summed E-state index contributed by atoms with van der Waals surface area (Å²) in [6, 6.07) is 3.70. The molecule has 4 nitrogen and oxygen atoms in total. The molecular formula is C11H11ClN4. The summed E-state index contributed by atoms with van der Waals surface area (Å²) in [5, 5.41) is 0.558. The first-order chi connectivity index (χ1) is 7.70. The smallest absolute Gasteiger partial charge is 0.220 e. The lowest BCUT2D eigenvalue weighted by molar-refractivity contribution is 1.01. The number of aromatic nitrogens is 3. The molecule has 0 aliphatic heterocycles. The molecule has 0 fully saturated rings. The van der Waals surface area contributed by atoms with Gasteiger partial charge >= 0.3 is 0 Å². The lowest BCUT2D eigenvalue weighted by atomic mass is 10.1. The van der Waals surface area contributed by atoms with E-state index in [9.17, 15) is 0 Å². The molecule has 0 bridgehead atoms. The van der Waals surface area contributed by atoms with Crippen molar-refractivity contribution in [2.45, 2.75) is 13.3 Å². The molecule has 0 saturated heterocycles. The van der Waals surface area contributed by atoms with E-state index in [4.69, 9.17) is 17.3 Å². The largest absolute Gasteiger partial charge is 0.368 e. The van der Waals surface area contributed by atoms with Crippen molar-refractivity contribution < 1.29 is 0 Å². The van der Waals surface area contributed by atoms with Crippen LogP contribution < -0.4 is 5.73 Å². The van der Waals surface area contributed by atoms with Gasteiger partial charge in [0.05, 0.1) is 10.7 Å². The first-order valence-corrected chi connectivity index (χ1v) is 5.32. The van der Waals surface area contributed by atoms with E-state index < -0.39 is 0 Å². The van der Waals surface area contributed by atoms with E-state index in [2.05, 4.69) is 15.0 Å². The van der Waals surface area contributed by atoms with E-state index in [0.717, 1.165) is 23.4 Å². The molecule has 0 aromatic carbocycles. The van der Waals surface area contributed by atoms with Crippen molar-refractivity contribution in [2.75, 3.05) is 5.73 Å². The van der Waals surface area contributed by atoms with Gasteiger partial charge in [-0.15, -0.1) is 0 Å². The Morgan fingerprint density at radius 2 is 2.19 bits per heavy atom. The number of rotatable bonds is 2. The third-order valence-electron chi connectivity index (χ3n) is 2.21. The van der Waals surface area contributed by atoms with Crippen LogP contribution >= 0.6 is 11.6 Å². The molecule has 0 spiro atoms. The molecule has 0 unspecified atom stereocenters. The van der Waals surface area contributed by atoms with Crippen LogP contribution in [0.3, 0.4) is 0 Å². The number of aryl methyl sites for hydroxylation is 1. The lowest BCUT2D eigenvalue weighted by Gasteiger charge is -2.05. The molecule has 0 aliphatic rings. The van der Waals surface area contributed by atoms with Crippen LogP contribution in [0.2, 0.25) is 5.02 Å². The van der Waals surface area contributed by atoms with Crippen LogP contribution in [-0.4, -0.2) is 15.0 Å². The van der Waals surface area contributed by atoms with Crippen molar-refractivity contribution >= 4 is 17.5 Å². The molecule has 2 aromatic rings. The standard InChI is InChI=1S/C11H11ClN4/c1-2-7-5-10(16-11(13)15-7)8-3-4-14-6-9(8)12/h3-6H,2H2,1H3,(H2,13,15,16). The van der Waals surface area contributed by atoms with Crippen LogP contribution in [0.25, 0.3) is 11.3 Å². The van der Waals surface area contributed by atoms with Crippen LogP contribution in [0.4, 0.5) is 5.95 Å². The van der Waals surface area contributed by atoms with Crippen molar-refractivity contribution in [1.29, 1.82) is 0 Å². The van der Waals surface area contributed by atoms with Gasteiger partial charge in [-0.05, 0) is 18.6 Å². The van der Waals surface area contributed by atoms with Crippen LogP contribution in [0.15, 0.2) is 24.5 Å². The summed E-state index contributed by atoms with van der Waals surface area (Å²) in [4.78, 5) is 12.2. The summed E-state index contributed by atoms with van der Waals surface area (Å²) in [6.45, 7) is 2.01. The second kappa shape index (κ2) is 4.45. The SMILES string of the molecule is CCc1cc(-c2ccncc2Cl)nc(N)n1. The highest BCUT2D eigenvalue weighted by molar-refractivity contribution is 6.33. The van der Waals surface area contributed by atoms with Crippen LogP contribution in [0, 0.1) is 0 Å². The van der Waals surface area contributed by atoms with E-state index >= 15 is 0 Å². The van der Waals surface area contributed by atoms with E-state index in [0.29, 0.717) is 5.02 Å². The minimum atomic E-state index is 0.266. The molecule has 2 rings (SSSR count). The number of anilines is 1. The fraction of sp³-hybridized carbons (Fsp3) is 0.182. The molecule has 82 valence electrons. The highest BCUT2D eigenvalue weighted by Crippen LogP contribution is 2.25. The predicted molar refractivity (Wildman–Crippen MR) is 64.1 cm³/mol. The summed E-state index contributed by atoms with van der Waals surface area (Å²) in [5.41, 5.74) is 8.09. The molecule has 2 heterocycles. The van der Waals surface area contributed by atoms with Crippen molar-refractivity contribution in [2.24, 2.45) is 0 Å². The van der Waals surface area contributed by atoms with Gasteiger partial charge in [-0.1, -0.05) is 18.5 Å². The zero-order chi connectivity index (χ0) is 11.5. The molecule has 0 atom stereocenters. The lowest BCUT2D eigenvalue weighted by Crippen LogP contribution is -2.00. The molecule has 16 heavy (non-hydrogen) atoms. The van der Waals surface area contributed by atoms with Crippen molar-refractivity contribution in [3.63, 3.8) is 0 Å². The Morgan fingerprint density at radius 3 is 2.88 bits per heavy atom. The normalized spacial score (nSPS) is 10.4. The maximum Gasteiger partial charge on any atom is 0.220 e. The number of halogens is 1. The maximum atomic E-state index is 6.04. The maximum absolute atomic E-state index is 6.04. The van der Waals surface area contributed by atoms with E-state index in [1.54, 1.807) is 12.4 Å². The topological polar surface area (TPSA) is 64.7 Å². The van der Waals surface area contributed by atoms with Gasteiger partial charge in [-0.3, -0.25) is 4.98 Å². The molecule has 2 aromatic heterocycles. The molecule has 0 aliphatic carbocycles. The van der Waals surface area contributed by atoms with Gasteiger partial charge in [0.1, 0.15) is 0 Å². The number of nitrogens with zero attached hydrogens (tertiary/aromatic N) is 3. The van der Waals surface area contributed by atoms with Crippen molar-refractivity contribution in [3.05, 3.63) is 35.2 Å². The second-order valence-corrected chi connectivity index (χ2v) is 3.72. The summed E-state index contributed by atoms with van der Waals surface area (Å²) >= 11 is 6.04.